The average molecular weight is 387 g/mol. The number of halogens is 1. The van der Waals surface area contributed by atoms with E-state index in [-0.39, 0.29) is 11.6 Å². The minimum Gasteiger partial charge on any atom is -0.274 e. The van der Waals surface area contributed by atoms with Crippen LogP contribution < -0.4 is 4.90 Å². The number of thioether (sulfide) groups is 1. The number of carbonyl (C=O) groups excluding carboxylic acids is 1. The summed E-state index contributed by atoms with van der Waals surface area (Å²) in [5.41, 5.74) is 3.55. The van der Waals surface area contributed by atoms with Gasteiger partial charge in [-0.15, -0.1) is 23.1 Å². The molecule has 3 rings (SSSR count). The molecule has 6 heteroatoms. The summed E-state index contributed by atoms with van der Waals surface area (Å²) in [6, 6.07) is 12.6. The molecule has 0 aliphatic heterocycles. The van der Waals surface area contributed by atoms with Crippen LogP contribution in [-0.4, -0.2) is 10.9 Å². The molecule has 1 amide bonds. The van der Waals surface area contributed by atoms with Gasteiger partial charge in [0, 0.05) is 23.0 Å². The van der Waals surface area contributed by atoms with E-state index >= 15 is 0 Å². The van der Waals surface area contributed by atoms with Crippen molar-refractivity contribution in [3.05, 3.63) is 70.5 Å². The molecular weight excluding hydrogens is 367 g/mol. The largest absolute Gasteiger partial charge is 0.274 e. The summed E-state index contributed by atoms with van der Waals surface area (Å²) < 4.78 is 14.1. The van der Waals surface area contributed by atoms with Crippen molar-refractivity contribution in [2.45, 2.75) is 31.4 Å². The molecule has 2 aromatic carbocycles. The van der Waals surface area contributed by atoms with E-state index in [0.717, 1.165) is 5.69 Å². The van der Waals surface area contributed by atoms with Crippen molar-refractivity contribution in [1.82, 2.24) is 4.98 Å². The molecule has 0 bridgehead atoms. The van der Waals surface area contributed by atoms with E-state index < -0.39 is 5.82 Å². The maximum Gasteiger partial charge on any atom is 0.230 e. The van der Waals surface area contributed by atoms with Crippen LogP contribution in [0.1, 0.15) is 23.7 Å². The van der Waals surface area contributed by atoms with E-state index in [4.69, 9.17) is 0 Å². The predicted molar refractivity (Wildman–Crippen MR) is 107 cm³/mol. The number of anilines is 2. The van der Waals surface area contributed by atoms with Crippen molar-refractivity contribution in [2.75, 3.05) is 4.90 Å². The molecule has 3 aromatic rings. The van der Waals surface area contributed by atoms with Crippen molar-refractivity contribution in [1.29, 1.82) is 0 Å². The van der Waals surface area contributed by atoms with Gasteiger partial charge in [-0.3, -0.25) is 9.69 Å². The van der Waals surface area contributed by atoms with Crippen LogP contribution in [0, 0.1) is 19.7 Å². The number of rotatable bonds is 5. The Bertz CT molecular complexity index is 939. The van der Waals surface area contributed by atoms with E-state index in [9.17, 15) is 9.18 Å². The monoisotopic (exact) mass is 386 g/mol. The highest BCUT2D eigenvalue weighted by Crippen LogP contribution is 2.33. The molecule has 0 unspecified atom stereocenters. The second-order valence-corrected chi connectivity index (χ2v) is 7.84. The fraction of sp³-hybridized carbons (Fsp3) is 0.200. The van der Waals surface area contributed by atoms with Gasteiger partial charge in [-0.2, -0.15) is 0 Å². The minimum absolute atomic E-state index is 0.225. The summed E-state index contributed by atoms with van der Waals surface area (Å²) in [4.78, 5) is 19.2. The van der Waals surface area contributed by atoms with E-state index in [0.29, 0.717) is 10.9 Å². The molecule has 0 aliphatic rings. The number of amides is 1. The maximum atomic E-state index is 14.1. The van der Waals surface area contributed by atoms with Gasteiger partial charge in [-0.25, -0.2) is 9.37 Å². The highest BCUT2D eigenvalue weighted by molar-refractivity contribution is 7.98. The number of thiazole rings is 1. The van der Waals surface area contributed by atoms with Crippen LogP contribution in [0.3, 0.4) is 0 Å². The summed E-state index contributed by atoms with van der Waals surface area (Å²) in [5.74, 6) is -0.00789. The van der Waals surface area contributed by atoms with Gasteiger partial charge in [0.05, 0.1) is 11.4 Å². The summed E-state index contributed by atoms with van der Waals surface area (Å²) >= 11 is 3.06. The van der Waals surface area contributed by atoms with Crippen molar-refractivity contribution >= 4 is 39.8 Å². The molecule has 26 heavy (non-hydrogen) atoms. The zero-order valence-electron chi connectivity index (χ0n) is 14.8. The molecule has 0 saturated carbocycles. The smallest absolute Gasteiger partial charge is 0.230 e. The topological polar surface area (TPSA) is 33.2 Å². The lowest BCUT2D eigenvalue weighted by atomic mass is 10.2. The highest BCUT2D eigenvalue weighted by atomic mass is 32.2. The van der Waals surface area contributed by atoms with Crippen LogP contribution >= 0.6 is 23.1 Å². The van der Waals surface area contributed by atoms with Crippen LogP contribution in [0.2, 0.25) is 0 Å². The number of hydrogen-bond donors (Lipinski definition) is 0. The first kappa shape index (κ1) is 18.6. The lowest BCUT2D eigenvalue weighted by molar-refractivity contribution is -0.115. The van der Waals surface area contributed by atoms with Crippen LogP contribution in [0.25, 0.3) is 0 Å². The van der Waals surface area contributed by atoms with Gasteiger partial charge in [-0.1, -0.05) is 29.8 Å². The molecule has 0 spiro atoms. The van der Waals surface area contributed by atoms with Crippen molar-refractivity contribution in [3.63, 3.8) is 0 Å². The number of aryl methyl sites for hydroxylation is 2. The van der Waals surface area contributed by atoms with Crippen LogP contribution in [0.15, 0.2) is 52.7 Å². The molecule has 0 radical (unpaired) electrons. The standard InChI is InChI=1S/C20H19FN2OS2/c1-13-8-9-14(2)19(10-13)25-11-16-12-26-20(22-16)23(15(3)24)18-7-5-4-6-17(18)21/h4-10,12H,11H2,1-3H3. The Morgan fingerprint density at radius 1 is 1.23 bits per heavy atom. The molecule has 0 aliphatic carbocycles. The Morgan fingerprint density at radius 3 is 2.73 bits per heavy atom. The van der Waals surface area contributed by atoms with Gasteiger partial charge in [0.25, 0.3) is 0 Å². The third-order valence-electron chi connectivity index (χ3n) is 3.86. The van der Waals surface area contributed by atoms with Crippen molar-refractivity contribution in [2.24, 2.45) is 0 Å². The van der Waals surface area contributed by atoms with E-state index in [2.05, 4.69) is 37.0 Å². The van der Waals surface area contributed by atoms with E-state index in [1.54, 1.807) is 30.0 Å². The first-order chi connectivity index (χ1) is 12.5. The Balaban J connectivity index is 1.81. The zero-order valence-corrected chi connectivity index (χ0v) is 16.5. The molecule has 134 valence electrons. The Morgan fingerprint density at radius 2 is 2.00 bits per heavy atom. The first-order valence-corrected chi connectivity index (χ1v) is 10.0. The normalized spacial score (nSPS) is 10.8. The summed E-state index contributed by atoms with van der Waals surface area (Å²) in [6.07, 6.45) is 0. The summed E-state index contributed by atoms with van der Waals surface area (Å²) in [6.45, 7) is 5.58. The first-order valence-electron chi connectivity index (χ1n) is 8.15. The predicted octanol–water partition coefficient (Wildman–Crippen LogP) is 5.88. The zero-order chi connectivity index (χ0) is 18.7. The quantitative estimate of drug-likeness (QED) is 0.514. The molecule has 1 heterocycles. The number of aromatic nitrogens is 1. The molecule has 0 saturated heterocycles. The molecular formula is C20H19FN2OS2. The molecule has 1 aromatic heterocycles. The molecule has 0 atom stereocenters. The summed E-state index contributed by atoms with van der Waals surface area (Å²) in [7, 11) is 0. The van der Waals surface area contributed by atoms with Crippen molar-refractivity contribution in [3.8, 4) is 0 Å². The Kier molecular flexibility index (Phi) is 5.74. The lowest BCUT2D eigenvalue weighted by Crippen LogP contribution is -2.23. The van der Waals surface area contributed by atoms with E-state index in [1.807, 2.05) is 5.38 Å². The lowest BCUT2D eigenvalue weighted by Gasteiger charge is -2.18. The van der Waals surface area contributed by atoms with Gasteiger partial charge < -0.3 is 0 Å². The number of carbonyl (C=O) groups is 1. The second-order valence-electron chi connectivity index (χ2n) is 5.98. The van der Waals surface area contributed by atoms with Gasteiger partial charge in [0.1, 0.15) is 5.82 Å². The number of para-hydroxylation sites is 1. The number of hydrogen-bond acceptors (Lipinski definition) is 4. The van der Waals surface area contributed by atoms with Crippen LogP contribution in [0.5, 0.6) is 0 Å². The Labute approximate surface area is 160 Å². The highest BCUT2D eigenvalue weighted by Gasteiger charge is 2.20. The number of nitrogens with zero attached hydrogens (tertiary/aromatic N) is 2. The minimum atomic E-state index is -0.441. The third kappa shape index (κ3) is 4.14. The fourth-order valence-electron chi connectivity index (χ4n) is 2.52. The third-order valence-corrected chi connectivity index (χ3v) is 5.92. The maximum absolute atomic E-state index is 14.1. The number of benzene rings is 2. The Hall–Kier alpha value is -2.18. The van der Waals surface area contributed by atoms with Gasteiger partial charge >= 0.3 is 0 Å². The van der Waals surface area contributed by atoms with Crippen molar-refractivity contribution < 1.29 is 9.18 Å². The SMILES string of the molecule is CC(=O)N(c1nc(CSc2cc(C)ccc2C)cs1)c1ccccc1F. The molecule has 3 nitrogen and oxygen atoms in total. The average Bonchev–Trinajstić information content (AvgIpc) is 3.06. The second kappa shape index (κ2) is 8.01. The fourth-order valence-corrected chi connectivity index (χ4v) is 4.52. The molecule has 0 fully saturated rings. The van der Waals surface area contributed by atoms with Gasteiger partial charge in [0.15, 0.2) is 5.13 Å². The van der Waals surface area contributed by atoms with E-state index in [1.165, 1.54) is 45.2 Å². The van der Waals surface area contributed by atoms with Gasteiger partial charge in [-0.05, 0) is 37.6 Å². The van der Waals surface area contributed by atoms with Crippen LogP contribution in [-0.2, 0) is 10.5 Å². The van der Waals surface area contributed by atoms with Gasteiger partial charge in [0.2, 0.25) is 5.91 Å². The molecule has 0 N–H and O–H groups in total. The summed E-state index contributed by atoms with van der Waals surface area (Å²) in [5, 5.41) is 2.41. The van der Waals surface area contributed by atoms with Crippen LogP contribution in [0.4, 0.5) is 15.2 Å².